The topological polar surface area (TPSA) is 25.5 Å². The van der Waals surface area contributed by atoms with E-state index in [0.717, 1.165) is 17.8 Å². The molecule has 2 atom stereocenters. The first-order valence-corrected chi connectivity index (χ1v) is 11.7. The summed E-state index contributed by atoms with van der Waals surface area (Å²) in [5.74, 6) is 0. The van der Waals surface area contributed by atoms with Crippen molar-refractivity contribution in [1.29, 1.82) is 0 Å². The summed E-state index contributed by atoms with van der Waals surface area (Å²) in [4.78, 5) is 7.88. The van der Waals surface area contributed by atoms with E-state index < -0.39 is 0 Å². The van der Waals surface area contributed by atoms with Gasteiger partial charge in [-0.15, -0.1) is 0 Å². The highest BCUT2D eigenvalue weighted by molar-refractivity contribution is 5.92. The lowest BCUT2D eigenvalue weighted by Gasteiger charge is -2.53. The summed E-state index contributed by atoms with van der Waals surface area (Å²) in [6.45, 7) is 6.93. The fraction of sp³-hybridized carbons (Fsp3) is 0.370. The summed E-state index contributed by atoms with van der Waals surface area (Å²) in [6.07, 6.45) is 11.8. The van der Waals surface area contributed by atoms with E-state index >= 15 is 0 Å². The monoisotopic (exact) mass is 408 g/mol. The van der Waals surface area contributed by atoms with Crippen LogP contribution in [-0.2, 0) is 6.42 Å². The van der Waals surface area contributed by atoms with Gasteiger partial charge in [0.15, 0.2) is 0 Å². The first kappa shape index (κ1) is 17.8. The number of aromatic nitrogens is 3. The van der Waals surface area contributed by atoms with Gasteiger partial charge in [0.25, 0.3) is 0 Å². The maximum absolute atomic E-state index is 5.11. The molecule has 156 valence electrons. The molecule has 3 aliphatic rings. The highest BCUT2D eigenvalue weighted by atomic mass is 15.2. The number of rotatable bonds is 2. The minimum Gasteiger partial charge on any atom is -0.310 e. The Morgan fingerprint density at radius 3 is 2.97 bits per heavy atom. The van der Waals surface area contributed by atoms with Crippen molar-refractivity contribution in [2.24, 2.45) is 5.41 Å². The number of piperidine rings is 1. The van der Waals surface area contributed by atoms with Crippen LogP contribution in [0, 0.1) is 12.3 Å². The molecule has 0 radical (unpaired) electrons. The zero-order valence-corrected chi connectivity index (χ0v) is 18.3. The Hall–Kier alpha value is -2.85. The smallest absolute Gasteiger partial charge is 0.137 e. The van der Waals surface area contributed by atoms with Crippen LogP contribution in [0.5, 0.6) is 0 Å². The zero-order chi connectivity index (χ0) is 20.7. The number of hydrogen-bond donors (Lipinski definition) is 0. The third-order valence-electron chi connectivity index (χ3n) is 8.13. The third-order valence-corrected chi connectivity index (χ3v) is 8.13. The second-order valence-electron chi connectivity index (χ2n) is 9.72. The van der Waals surface area contributed by atoms with E-state index in [1.54, 1.807) is 11.3 Å². The van der Waals surface area contributed by atoms with Gasteiger partial charge in [-0.3, -0.25) is 4.90 Å². The Kier molecular flexibility index (Phi) is 3.50. The average Bonchev–Trinajstić information content (AvgIpc) is 3.37. The summed E-state index contributed by atoms with van der Waals surface area (Å²) in [6, 6.07) is 13.8. The van der Waals surface area contributed by atoms with Crippen LogP contribution < -0.4 is 0 Å². The van der Waals surface area contributed by atoms with Crippen molar-refractivity contribution >= 4 is 22.2 Å². The first-order valence-electron chi connectivity index (χ1n) is 11.7. The molecule has 4 heteroatoms. The van der Waals surface area contributed by atoms with Crippen molar-refractivity contribution in [3.63, 3.8) is 0 Å². The number of pyridine rings is 1. The van der Waals surface area contributed by atoms with E-state index in [9.17, 15) is 0 Å². The number of imidazole rings is 1. The molecule has 1 aromatic carbocycles. The fourth-order valence-corrected chi connectivity index (χ4v) is 6.67. The number of benzene rings is 1. The van der Waals surface area contributed by atoms with E-state index in [-0.39, 0.29) is 5.41 Å². The highest BCUT2D eigenvalue weighted by Gasteiger charge is 2.50. The quantitative estimate of drug-likeness (QED) is 0.432. The predicted molar refractivity (Wildman–Crippen MR) is 125 cm³/mol. The number of nitrogens with zero attached hydrogens (tertiary/aromatic N) is 4. The second-order valence-corrected chi connectivity index (χ2v) is 9.72. The Balaban J connectivity index is 1.57. The van der Waals surface area contributed by atoms with E-state index in [1.165, 1.54) is 54.5 Å². The molecule has 4 aromatic rings. The molecule has 1 saturated heterocycles. The van der Waals surface area contributed by atoms with Crippen LogP contribution in [0.25, 0.3) is 22.2 Å². The molecule has 3 aromatic heterocycles. The molecule has 0 amide bonds. The van der Waals surface area contributed by atoms with Crippen LogP contribution in [0.15, 0.2) is 54.9 Å². The molecule has 0 aliphatic carbocycles. The molecule has 31 heavy (non-hydrogen) atoms. The summed E-state index contributed by atoms with van der Waals surface area (Å²) in [7, 11) is 0. The van der Waals surface area contributed by atoms with Crippen LogP contribution in [0.3, 0.4) is 0 Å². The van der Waals surface area contributed by atoms with Crippen LogP contribution in [-0.4, -0.2) is 31.9 Å². The van der Waals surface area contributed by atoms with Crippen molar-refractivity contribution in [2.45, 2.75) is 45.6 Å². The van der Waals surface area contributed by atoms with Crippen LogP contribution >= 0.6 is 0 Å². The van der Waals surface area contributed by atoms with Crippen molar-refractivity contribution in [3.8, 4) is 0 Å². The van der Waals surface area contributed by atoms with E-state index in [2.05, 4.69) is 82.6 Å². The first-order chi connectivity index (χ1) is 15.2. The van der Waals surface area contributed by atoms with E-state index in [1.807, 2.05) is 0 Å². The molecular formula is C27H28N4. The van der Waals surface area contributed by atoms with Gasteiger partial charge in [-0.05, 0) is 74.6 Å². The number of aryl methyl sites for hydroxylation is 1. The van der Waals surface area contributed by atoms with Gasteiger partial charge in [-0.2, -0.15) is 0 Å². The minimum atomic E-state index is 0.193. The normalized spacial score (nSPS) is 25.1. The van der Waals surface area contributed by atoms with Crippen LogP contribution in [0.2, 0.25) is 0 Å². The maximum atomic E-state index is 5.11. The Bertz CT molecular complexity index is 1390. The van der Waals surface area contributed by atoms with Gasteiger partial charge in [-0.1, -0.05) is 25.1 Å². The number of fused-ring (bicyclic) bond motifs is 4. The van der Waals surface area contributed by atoms with Gasteiger partial charge in [0.1, 0.15) is 11.3 Å². The highest BCUT2D eigenvalue weighted by Crippen LogP contribution is 2.57. The van der Waals surface area contributed by atoms with Crippen molar-refractivity contribution < 1.29 is 0 Å². The van der Waals surface area contributed by atoms with E-state index in [0.29, 0.717) is 6.04 Å². The third kappa shape index (κ3) is 2.26. The largest absolute Gasteiger partial charge is 0.310 e. The van der Waals surface area contributed by atoms with Crippen LogP contribution in [0.1, 0.15) is 54.7 Å². The molecule has 6 heterocycles. The summed E-state index contributed by atoms with van der Waals surface area (Å²) >= 11 is 0. The number of para-hydroxylation sites is 1. The van der Waals surface area contributed by atoms with Gasteiger partial charge in [0.05, 0.1) is 17.3 Å². The SMILES string of the molecule is CC[C@@]12C=C(c3cn4ccc(C)cc4n3)n3c4c(c5ccccc53)CCN(CCC1)[C@H]42. The van der Waals surface area contributed by atoms with Crippen molar-refractivity contribution in [3.05, 3.63) is 77.4 Å². The molecule has 0 spiro atoms. The minimum absolute atomic E-state index is 0.193. The van der Waals surface area contributed by atoms with Crippen molar-refractivity contribution in [2.75, 3.05) is 13.1 Å². The van der Waals surface area contributed by atoms with Crippen LogP contribution in [0.4, 0.5) is 0 Å². The second kappa shape index (κ2) is 6.10. The zero-order valence-electron chi connectivity index (χ0n) is 18.3. The van der Waals surface area contributed by atoms with Gasteiger partial charge >= 0.3 is 0 Å². The molecule has 7 rings (SSSR count). The standard InChI is InChI=1S/C27H28N4/c1-3-27-11-6-12-29-14-10-20-19-7-4-5-8-22(19)31(25(20)26(27)29)23(16-27)21-17-30-13-9-18(2)15-24(30)28-21/h4-5,7-9,13,15-17,26H,3,6,10-12,14H2,1-2H3/t26-,27+/m1/s1. The van der Waals surface area contributed by atoms with Gasteiger partial charge in [-0.25, -0.2) is 4.98 Å². The molecular weight excluding hydrogens is 380 g/mol. The number of hydrogen-bond acceptors (Lipinski definition) is 2. The summed E-state index contributed by atoms with van der Waals surface area (Å²) in [5, 5.41) is 1.43. The lowest BCUT2D eigenvalue weighted by Crippen LogP contribution is -2.50. The van der Waals surface area contributed by atoms with Gasteiger partial charge in [0.2, 0.25) is 0 Å². The summed E-state index contributed by atoms with van der Waals surface area (Å²) in [5.41, 5.74) is 9.28. The lowest BCUT2D eigenvalue weighted by atomic mass is 9.66. The molecule has 0 bridgehead atoms. The summed E-state index contributed by atoms with van der Waals surface area (Å²) < 4.78 is 4.73. The molecule has 3 aliphatic heterocycles. The molecule has 0 N–H and O–H groups in total. The molecule has 4 nitrogen and oxygen atoms in total. The lowest BCUT2D eigenvalue weighted by molar-refractivity contribution is 0.0271. The Morgan fingerprint density at radius 1 is 1.16 bits per heavy atom. The fourth-order valence-electron chi connectivity index (χ4n) is 6.67. The van der Waals surface area contributed by atoms with Gasteiger partial charge < -0.3 is 8.97 Å². The maximum Gasteiger partial charge on any atom is 0.137 e. The van der Waals surface area contributed by atoms with Crippen molar-refractivity contribution in [1.82, 2.24) is 18.9 Å². The molecule has 1 fully saturated rings. The van der Waals surface area contributed by atoms with E-state index in [4.69, 9.17) is 4.98 Å². The average molecular weight is 409 g/mol. The Morgan fingerprint density at radius 2 is 2.06 bits per heavy atom. The Labute approximate surface area is 182 Å². The predicted octanol–water partition coefficient (Wildman–Crippen LogP) is 5.59. The van der Waals surface area contributed by atoms with Gasteiger partial charge in [0, 0.05) is 35.4 Å². The molecule has 0 unspecified atom stereocenters. The molecule has 0 saturated carbocycles.